The Labute approximate surface area is 122 Å². The summed E-state index contributed by atoms with van der Waals surface area (Å²) in [5.41, 5.74) is 2.06. The number of hydrogen-bond acceptors (Lipinski definition) is 4. The summed E-state index contributed by atoms with van der Waals surface area (Å²) in [6.45, 7) is 3.50. The molecule has 2 aromatic rings. The topological polar surface area (TPSA) is 77.4 Å². The minimum atomic E-state index is 0.113. The maximum Gasteiger partial charge on any atom is 0.177 e. The highest BCUT2D eigenvalue weighted by Gasteiger charge is 2.14. The lowest BCUT2D eigenvalue weighted by Gasteiger charge is -2.12. The van der Waals surface area contributed by atoms with Crippen LogP contribution in [0.25, 0.3) is 5.69 Å². The minimum absolute atomic E-state index is 0.113. The summed E-state index contributed by atoms with van der Waals surface area (Å²) in [5.74, 6) is 0. The van der Waals surface area contributed by atoms with E-state index in [1.165, 1.54) is 6.33 Å². The molecule has 0 aliphatic heterocycles. The molecule has 0 spiro atoms. The fraction of sp³-hybridized carbons (Fsp3) is 0.214. The van der Waals surface area contributed by atoms with Gasteiger partial charge in [-0.25, -0.2) is 4.98 Å². The first-order valence-corrected chi connectivity index (χ1v) is 6.46. The van der Waals surface area contributed by atoms with Crippen molar-refractivity contribution in [2.75, 3.05) is 6.54 Å². The molecule has 0 aliphatic carbocycles. The lowest BCUT2D eigenvalue weighted by molar-refractivity contribution is 0.722. The van der Waals surface area contributed by atoms with Crippen LogP contribution in [0.5, 0.6) is 0 Å². The van der Waals surface area contributed by atoms with E-state index in [1.807, 2.05) is 25.1 Å². The number of halogens is 1. The molecule has 0 unspecified atom stereocenters. The standard InChI is InChI=1S/C14H12ClN5/c1-2-18-8-10-3-4-11(15)5-13(10)20-9-19-12(6-16)14(20)7-17/h3-5,9,18H,2,8H2,1H3. The zero-order chi connectivity index (χ0) is 14.5. The largest absolute Gasteiger partial charge is 0.313 e. The van der Waals surface area contributed by atoms with Crippen LogP contribution in [-0.2, 0) is 6.54 Å². The second-order valence-electron chi connectivity index (χ2n) is 4.09. The fourth-order valence-corrected chi connectivity index (χ4v) is 2.06. The molecule has 0 saturated carbocycles. The molecule has 2 rings (SSSR count). The highest BCUT2D eigenvalue weighted by molar-refractivity contribution is 6.30. The Hall–Kier alpha value is -2.34. The molecular weight excluding hydrogens is 274 g/mol. The van der Waals surface area contributed by atoms with Gasteiger partial charge in [-0.05, 0) is 24.2 Å². The van der Waals surface area contributed by atoms with Crippen molar-refractivity contribution in [3.63, 3.8) is 0 Å². The number of imidazole rings is 1. The van der Waals surface area contributed by atoms with Crippen molar-refractivity contribution in [1.29, 1.82) is 10.5 Å². The summed E-state index contributed by atoms with van der Waals surface area (Å²) in [6.07, 6.45) is 1.47. The van der Waals surface area contributed by atoms with Gasteiger partial charge in [0.25, 0.3) is 0 Å². The van der Waals surface area contributed by atoms with Crippen LogP contribution >= 0.6 is 11.6 Å². The van der Waals surface area contributed by atoms with Crippen molar-refractivity contribution in [2.24, 2.45) is 0 Å². The van der Waals surface area contributed by atoms with E-state index in [4.69, 9.17) is 16.9 Å². The first-order chi connectivity index (χ1) is 9.71. The lowest BCUT2D eigenvalue weighted by Crippen LogP contribution is -2.14. The van der Waals surface area contributed by atoms with Crippen LogP contribution in [0.3, 0.4) is 0 Å². The predicted octanol–water partition coefficient (Wildman–Crippen LogP) is 2.38. The summed E-state index contributed by atoms with van der Waals surface area (Å²) in [7, 11) is 0. The quantitative estimate of drug-likeness (QED) is 0.935. The summed E-state index contributed by atoms with van der Waals surface area (Å²) in [4.78, 5) is 3.95. The van der Waals surface area contributed by atoms with Crippen LogP contribution < -0.4 is 5.32 Å². The van der Waals surface area contributed by atoms with Crippen molar-refractivity contribution >= 4 is 11.6 Å². The minimum Gasteiger partial charge on any atom is -0.313 e. The summed E-state index contributed by atoms with van der Waals surface area (Å²) >= 11 is 6.03. The predicted molar refractivity (Wildman–Crippen MR) is 75.4 cm³/mol. The molecule has 1 N–H and O–H groups in total. The molecule has 1 heterocycles. The Morgan fingerprint density at radius 3 is 2.80 bits per heavy atom. The zero-order valence-electron chi connectivity index (χ0n) is 10.9. The molecule has 0 bridgehead atoms. The summed E-state index contributed by atoms with van der Waals surface area (Å²) in [6, 6.07) is 9.38. The number of aromatic nitrogens is 2. The third kappa shape index (κ3) is 2.65. The van der Waals surface area contributed by atoms with Gasteiger partial charge in [0.15, 0.2) is 11.4 Å². The van der Waals surface area contributed by atoms with Gasteiger partial charge in [0.1, 0.15) is 18.5 Å². The van der Waals surface area contributed by atoms with E-state index in [0.29, 0.717) is 11.6 Å². The van der Waals surface area contributed by atoms with Gasteiger partial charge in [0.05, 0.1) is 5.69 Å². The van der Waals surface area contributed by atoms with E-state index in [1.54, 1.807) is 16.7 Å². The third-order valence-electron chi connectivity index (χ3n) is 2.85. The third-order valence-corrected chi connectivity index (χ3v) is 3.09. The molecular formula is C14H12ClN5. The molecule has 0 amide bonds. The Morgan fingerprint density at radius 1 is 1.35 bits per heavy atom. The number of nitriles is 2. The Bertz CT molecular complexity index is 705. The van der Waals surface area contributed by atoms with Gasteiger partial charge < -0.3 is 5.32 Å². The molecule has 1 aromatic heterocycles. The van der Waals surface area contributed by atoms with Gasteiger partial charge in [0, 0.05) is 11.6 Å². The highest BCUT2D eigenvalue weighted by atomic mass is 35.5. The molecule has 0 atom stereocenters. The average Bonchev–Trinajstić information content (AvgIpc) is 2.88. The Kier molecular flexibility index (Phi) is 4.37. The molecule has 0 fully saturated rings. The zero-order valence-corrected chi connectivity index (χ0v) is 11.6. The fourth-order valence-electron chi connectivity index (χ4n) is 1.89. The summed E-state index contributed by atoms with van der Waals surface area (Å²) in [5, 5.41) is 22.0. The van der Waals surface area contributed by atoms with E-state index in [-0.39, 0.29) is 11.4 Å². The lowest BCUT2D eigenvalue weighted by atomic mass is 10.1. The second kappa shape index (κ2) is 6.21. The van der Waals surface area contributed by atoms with Gasteiger partial charge in [-0.15, -0.1) is 0 Å². The second-order valence-corrected chi connectivity index (χ2v) is 4.53. The van der Waals surface area contributed by atoms with Gasteiger partial charge in [0.2, 0.25) is 0 Å². The number of hydrogen-bond donors (Lipinski definition) is 1. The molecule has 1 aromatic carbocycles. The number of nitrogens with zero attached hydrogens (tertiary/aromatic N) is 4. The van der Waals surface area contributed by atoms with E-state index >= 15 is 0 Å². The average molecular weight is 286 g/mol. The molecule has 6 heteroatoms. The SMILES string of the molecule is CCNCc1ccc(Cl)cc1-n1cnc(C#N)c1C#N. The van der Waals surface area contributed by atoms with Gasteiger partial charge in [-0.3, -0.25) is 4.57 Å². The Morgan fingerprint density at radius 2 is 2.15 bits per heavy atom. The van der Waals surface area contributed by atoms with Crippen LogP contribution in [0.15, 0.2) is 24.5 Å². The van der Waals surface area contributed by atoms with Crippen LogP contribution in [0.2, 0.25) is 5.02 Å². The molecule has 100 valence electrons. The first-order valence-electron chi connectivity index (χ1n) is 6.08. The maximum atomic E-state index is 9.21. The smallest absolute Gasteiger partial charge is 0.177 e. The normalized spacial score (nSPS) is 10.0. The van der Waals surface area contributed by atoms with Crippen molar-refractivity contribution in [3.8, 4) is 17.8 Å². The van der Waals surface area contributed by atoms with E-state index in [2.05, 4.69) is 10.3 Å². The van der Waals surface area contributed by atoms with Gasteiger partial charge >= 0.3 is 0 Å². The van der Waals surface area contributed by atoms with E-state index < -0.39 is 0 Å². The van der Waals surface area contributed by atoms with Crippen molar-refractivity contribution in [2.45, 2.75) is 13.5 Å². The van der Waals surface area contributed by atoms with E-state index in [9.17, 15) is 5.26 Å². The maximum absolute atomic E-state index is 9.21. The molecule has 20 heavy (non-hydrogen) atoms. The molecule has 0 aliphatic rings. The Balaban J connectivity index is 2.57. The van der Waals surface area contributed by atoms with Gasteiger partial charge in [-0.2, -0.15) is 10.5 Å². The van der Waals surface area contributed by atoms with Crippen LogP contribution in [0.4, 0.5) is 0 Å². The number of rotatable bonds is 4. The van der Waals surface area contributed by atoms with Crippen LogP contribution in [-0.4, -0.2) is 16.1 Å². The monoisotopic (exact) mass is 285 g/mol. The first kappa shape index (κ1) is 14.1. The van der Waals surface area contributed by atoms with Crippen LogP contribution in [0.1, 0.15) is 23.9 Å². The van der Waals surface area contributed by atoms with E-state index in [0.717, 1.165) is 17.8 Å². The number of nitrogens with one attached hydrogen (secondary N) is 1. The van der Waals surface area contributed by atoms with Crippen molar-refractivity contribution in [1.82, 2.24) is 14.9 Å². The highest BCUT2D eigenvalue weighted by Crippen LogP contribution is 2.22. The molecule has 0 saturated heterocycles. The molecule has 0 radical (unpaired) electrons. The molecule has 5 nitrogen and oxygen atoms in total. The van der Waals surface area contributed by atoms with Crippen molar-refractivity contribution < 1.29 is 0 Å². The van der Waals surface area contributed by atoms with Gasteiger partial charge in [-0.1, -0.05) is 24.6 Å². The number of benzene rings is 1. The summed E-state index contributed by atoms with van der Waals surface area (Å²) < 4.78 is 1.59. The van der Waals surface area contributed by atoms with Crippen LogP contribution in [0, 0.1) is 22.7 Å². The van der Waals surface area contributed by atoms with Crippen molar-refractivity contribution in [3.05, 3.63) is 46.5 Å².